The van der Waals surface area contributed by atoms with Crippen molar-refractivity contribution >= 4 is 27.1 Å². The second-order valence-corrected chi connectivity index (χ2v) is 10.3. The van der Waals surface area contributed by atoms with Crippen LogP contribution in [0.1, 0.15) is 38.1 Å². The lowest BCUT2D eigenvalue weighted by Gasteiger charge is -2.31. The molecule has 4 heterocycles. The molecule has 31 heavy (non-hydrogen) atoms. The molecule has 1 aliphatic carbocycles. The molecule has 2 aliphatic rings. The summed E-state index contributed by atoms with van der Waals surface area (Å²) in [6.07, 6.45) is 8.99. The number of hydrogen-bond acceptors (Lipinski definition) is 7. The smallest absolute Gasteiger partial charge is 0.330 e. The van der Waals surface area contributed by atoms with Gasteiger partial charge in [-0.1, -0.05) is 0 Å². The number of anilines is 1. The van der Waals surface area contributed by atoms with Gasteiger partial charge in [0.1, 0.15) is 10.4 Å². The fourth-order valence-corrected chi connectivity index (χ4v) is 5.74. The molecule has 12 heteroatoms. The molecule has 0 atom stereocenters. The van der Waals surface area contributed by atoms with Crippen LogP contribution < -0.4 is 11.0 Å². The highest BCUT2D eigenvalue weighted by molar-refractivity contribution is 7.89. The second kappa shape index (κ2) is 7.45. The lowest BCUT2D eigenvalue weighted by Crippen LogP contribution is -2.42. The SMILES string of the molecule is Cn1cc(S(=O)(=O)N2CCC(Nc3ncc4c(n3)n(C3CCC3)c(=O)n4C)CC2)cn1. The van der Waals surface area contributed by atoms with Gasteiger partial charge in [0.25, 0.3) is 0 Å². The molecule has 0 spiro atoms. The minimum Gasteiger partial charge on any atom is -0.351 e. The maximum Gasteiger partial charge on any atom is 0.330 e. The molecule has 0 unspecified atom stereocenters. The van der Waals surface area contributed by atoms with Crippen molar-refractivity contribution in [3.63, 3.8) is 0 Å². The zero-order valence-corrected chi connectivity index (χ0v) is 18.4. The van der Waals surface area contributed by atoms with Crippen molar-refractivity contribution in [1.29, 1.82) is 0 Å². The zero-order valence-electron chi connectivity index (χ0n) is 17.6. The van der Waals surface area contributed by atoms with E-state index < -0.39 is 10.0 Å². The first-order valence-electron chi connectivity index (χ1n) is 10.5. The van der Waals surface area contributed by atoms with E-state index in [1.165, 1.54) is 21.4 Å². The average molecular weight is 447 g/mol. The molecule has 0 aromatic carbocycles. The summed E-state index contributed by atoms with van der Waals surface area (Å²) < 4.78 is 31.9. The molecule has 3 aromatic rings. The van der Waals surface area contributed by atoms with Crippen molar-refractivity contribution in [2.75, 3.05) is 18.4 Å². The third kappa shape index (κ3) is 3.43. The average Bonchev–Trinajstić information content (AvgIpc) is 3.25. The van der Waals surface area contributed by atoms with Gasteiger partial charge >= 0.3 is 5.69 Å². The second-order valence-electron chi connectivity index (χ2n) is 8.37. The van der Waals surface area contributed by atoms with Crippen LogP contribution in [0, 0.1) is 0 Å². The van der Waals surface area contributed by atoms with Crippen LogP contribution in [-0.2, 0) is 24.1 Å². The minimum atomic E-state index is -3.53. The van der Waals surface area contributed by atoms with Crippen molar-refractivity contribution in [1.82, 2.24) is 33.2 Å². The quantitative estimate of drug-likeness (QED) is 0.617. The summed E-state index contributed by atoms with van der Waals surface area (Å²) in [5.41, 5.74) is 1.33. The number of aryl methyl sites for hydroxylation is 2. The van der Waals surface area contributed by atoms with Gasteiger partial charge in [-0.25, -0.2) is 18.2 Å². The van der Waals surface area contributed by atoms with Gasteiger partial charge in [-0.2, -0.15) is 14.4 Å². The molecular formula is C19H26N8O3S. The van der Waals surface area contributed by atoms with Crippen LogP contribution in [0.4, 0.5) is 5.95 Å². The van der Waals surface area contributed by atoms with E-state index in [1.54, 1.807) is 29.4 Å². The van der Waals surface area contributed by atoms with Crippen LogP contribution >= 0.6 is 0 Å². The third-order valence-corrected chi connectivity index (χ3v) is 8.23. The predicted molar refractivity (Wildman–Crippen MR) is 114 cm³/mol. The molecule has 11 nitrogen and oxygen atoms in total. The third-order valence-electron chi connectivity index (χ3n) is 6.38. The van der Waals surface area contributed by atoms with Crippen molar-refractivity contribution in [2.24, 2.45) is 14.1 Å². The Labute approximate surface area is 179 Å². The number of nitrogens with one attached hydrogen (secondary N) is 1. The Bertz CT molecular complexity index is 1280. The highest BCUT2D eigenvalue weighted by Gasteiger charge is 2.31. The Morgan fingerprint density at radius 1 is 1.10 bits per heavy atom. The van der Waals surface area contributed by atoms with Crippen molar-refractivity contribution in [3.05, 3.63) is 29.1 Å². The maximum absolute atomic E-state index is 12.8. The van der Waals surface area contributed by atoms with Crippen molar-refractivity contribution < 1.29 is 8.42 Å². The van der Waals surface area contributed by atoms with E-state index in [0.717, 1.165) is 24.8 Å². The van der Waals surface area contributed by atoms with E-state index in [4.69, 9.17) is 0 Å². The van der Waals surface area contributed by atoms with Crippen LogP contribution in [0.25, 0.3) is 11.2 Å². The number of fused-ring (bicyclic) bond motifs is 1. The molecule has 3 aromatic heterocycles. The molecule has 166 valence electrons. The number of imidazole rings is 1. The van der Waals surface area contributed by atoms with Gasteiger partial charge in [-0.05, 0) is 32.1 Å². The highest BCUT2D eigenvalue weighted by atomic mass is 32.2. The summed E-state index contributed by atoms with van der Waals surface area (Å²) in [5, 5.41) is 7.30. The Hall–Kier alpha value is -2.73. The van der Waals surface area contributed by atoms with Gasteiger partial charge in [0.2, 0.25) is 16.0 Å². The lowest BCUT2D eigenvalue weighted by molar-refractivity contribution is 0.310. The number of rotatable bonds is 5. The molecule has 0 bridgehead atoms. The minimum absolute atomic E-state index is 0.0555. The van der Waals surface area contributed by atoms with E-state index in [0.29, 0.717) is 37.5 Å². The number of hydrogen-bond donors (Lipinski definition) is 1. The van der Waals surface area contributed by atoms with E-state index in [-0.39, 0.29) is 22.7 Å². The van der Waals surface area contributed by atoms with Crippen LogP contribution in [0.3, 0.4) is 0 Å². The van der Waals surface area contributed by atoms with E-state index >= 15 is 0 Å². The number of nitrogens with zero attached hydrogens (tertiary/aromatic N) is 7. The molecule has 2 fully saturated rings. The zero-order chi connectivity index (χ0) is 21.8. The summed E-state index contributed by atoms with van der Waals surface area (Å²) in [5.74, 6) is 0.472. The monoisotopic (exact) mass is 446 g/mol. The number of piperidine rings is 1. The van der Waals surface area contributed by atoms with Crippen LogP contribution in [0.5, 0.6) is 0 Å². The fourth-order valence-electron chi connectivity index (χ4n) is 4.28. The Kier molecular flexibility index (Phi) is 4.85. The summed E-state index contributed by atoms with van der Waals surface area (Å²) in [6.45, 7) is 0.824. The van der Waals surface area contributed by atoms with Crippen LogP contribution in [0.15, 0.2) is 28.3 Å². The normalized spacial score (nSPS) is 19.0. The van der Waals surface area contributed by atoms with Gasteiger partial charge in [-0.3, -0.25) is 13.8 Å². The van der Waals surface area contributed by atoms with Gasteiger partial charge in [0.15, 0.2) is 5.65 Å². The van der Waals surface area contributed by atoms with E-state index in [2.05, 4.69) is 20.4 Å². The molecule has 1 saturated carbocycles. The fraction of sp³-hybridized carbons (Fsp3) is 0.579. The molecule has 1 N–H and O–H groups in total. The van der Waals surface area contributed by atoms with Gasteiger partial charge in [0.05, 0.1) is 12.4 Å². The lowest BCUT2D eigenvalue weighted by atomic mass is 9.93. The molecule has 0 radical (unpaired) electrons. The highest BCUT2D eigenvalue weighted by Crippen LogP contribution is 2.32. The first-order chi connectivity index (χ1) is 14.8. The largest absolute Gasteiger partial charge is 0.351 e. The summed E-state index contributed by atoms with van der Waals surface area (Å²) in [7, 11) is -0.0874. The van der Waals surface area contributed by atoms with Gasteiger partial charge in [-0.15, -0.1) is 0 Å². The first-order valence-corrected chi connectivity index (χ1v) is 12.0. The van der Waals surface area contributed by atoms with Gasteiger partial charge in [0, 0.05) is 45.5 Å². The summed E-state index contributed by atoms with van der Waals surface area (Å²) in [4.78, 5) is 21.9. The Balaban J connectivity index is 1.31. The molecular weight excluding hydrogens is 420 g/mol. The van der Waals surface area contributed by atoms with Crippen molar-refractivity contribution in [3.8, 4) is 0 Å². The molecule has 1 saturated heterocycles. The van der Waals surface area contributed by atoms with E-state index in [1.807, 2.05) is 0 Å². The summed E-state index contributed by atoms with van der Waals surface area (Å²) in [6, 6.07) is 0.269. The topological polar surface area (TPSA) is 120 Å². The Morgan fingerprint density at radius 2 is 1.84 bits per heavy atom. The summed E-state index contributed by atoms with van der Waals surface area (Å²) >= 11 is 0. The molecule has 1 aliphatic heterocycles. The molecule has 0 amide bonds. The first kappa shape index (κ1) is 20.2. The predicted octanol–water partition coefficient (Wildman–Crippen LogP) is 0.854. The van der Waals surface area contributed by atoms with Crippen LogP contribution in [-0.4, -0.2) is 60.7 Å². The molecule has 5 rings (SSSR count). The van der Waals surface area contributed by atoms with E-state index in [9.17, 15) is 13.2 Å². The standard InChI is InChI=1S/C19H26N8O3S/c1-24-12-15(10-21-24)31(29,30)26-8-6-13(7-9-26)22-18-20-11-16-17(23-18)27(14-4-3-5-14)19(28)25(16)2/h10-14H,3-9H2,1-2H3,(H,20,22,23). The number of sulfonamides is 1. The number of aromatic nitrogens is 6. The van der Waals surface area contributed by atoms with Crippen LogP contribution in [0.2, 0.25) is 0 Å². The van der Waals surface area contributed by atoms with Crippen molar-refractivity contribution in [2.45, 2.75) is 49.1 Å². The van der Waals surface area contributed by atoms with Gasteiger partial charge < -0.3 is 5.32 Å². The maximum atomic E-state index is 12.8. The Morgan fingerprint density at radius 3 is 2.45 bits per heavy atom.